The fourth-order valence-electron chi connectivity index (χ4n) is 1.69. The van der Waals surface area contributed by atoms with Crippen molar-refractivity contribution in [3.8, 4) is 0 Å². The number of nitrogens with zero attached hydrogens (tertiary/aromatic N) is 1. The number of rotatable bonds is 4. The monoisotopic (exact) mass is 212 g/mol. The van der Waals surface area contributed by atoms with Crippen molar-refractivity contribution in [3.63, 3.8) is 0 Å². The quantitative estimate of drug-likeness (QED) is 0.842. The summed E-state index contributed by atoms with van der Waals surface area (Å²) in [6.45, 7) is 3.06. The van der Waals surface area contributed by atoms with Gasteiger partial charge in [0.25, 0.3) is 0 Å². The first-order valence-electron chi connectivity index (χ1n) is 5.54. The summed E-state index contributed by atoms with van der Waals surface area (Å²) in [5.41, 5.74) is 3.77. The van der Waals surface area contributed by atoms with Crippen molar-refractivity contribution in [2.45, 2.75) is 13.3 Å². The number of aryl methyl sites for hydroxylation is 1. The van der Waals surface area contributed by atoms with Crippen LogP contribution < -0.4 is 5.32 Å². The first-order valence-corrected chi connectivity index (χ1v) is 5.54. The molecule has 1 aromatic carbocycles. The number of hydrogen-bond acceptors (Lipinski definition) is 2. The van der Waals surface area contributed by atoms with Gasteiger partial charge in [-0.1, -0.05) is 29.8 Å². The molecule has 0 aliphatic heterocycles. The lowest BCUT2D eigenvalue weighted by atomic mass is 10.1. The van der Waals surface area contributed by atoms with E-state index in [-0.39, 0.29) is 0 Å². The highest BCUT2D eigenvalue weighted by Crippen LogP contribution is 2.06. The molecule has 0 fully saturated rings. The summed E-state index contributed by atoms with van der Waals surface area (Å²) in [7, 11) is 0. The first-order chi connectivity index (χ1) is 7.84. The molecule has 2 aromatic rings. The Morgan fingerprint density at radius 1 is 1.19 bits per heavy atom. The third-order valence-corrected chi connectivity index (χ3v) is 2.49. The summed E-state index contributed by atoms with van der Waals surface area (Å²) >= 11 is 0. The molecule has 0 bridgehead atoms. The molecule has 0 saturated heterocycles. The molecule has 2 nitrogen and oxygen atoms in total. The molecule has 82 valence electrons. The van der Waals surface area contributed by atoms with Crippen molar-refractivity contribution in [3.05, 3.63) is 59.9 Å². The van der Waals surface area contributed by atoms with Crippen LogP contribution in [-0.4, -0.2) is 11.5 Å². The van der Waals surface area contributed by atoms with E-state index in [2.05, 4.69) is 41.5 Å². The average molecular weight is 212 g/mol. The summed E-state index contributed by atoms with van der Waals surface area (Å²) in [5.74, 6) is 0. The van der Waals surface area contributed by atoms with Crippen molar-refractivity contribution in [2.24, 2.45) is 0 Å². The summed E-state index contributed by atoms with van der Waals surface area (Å²) in [5, 5.41) is 3.35. The normalized spacial score (nSPS) is 10.1. The van der Waals surface area contributed by atoms with E-state index in [9.17, 15) is 0 Å². The third-order valence-electron chi connectivity index (χ3n) is 2.49. The molecule has 0 spiro atoms. The summed E-state index contributed by atoms with van der Waals surface area (Å²) < 4.78 is 0. The zero-order valence-corrected chi connectivity index (χ0v) is 9.48. The third kappa shape index (κ3) is 3.09. The minimum atomic E-state index is 0.940. The van der Waals surface area contributed by atoms with Gasteiger partial charge in [-0.2, -0.15) is 0 Å². The van der Waals surface area contributed by atoms with Crippen molar-refractivity contribution >= 4 is 5.69 Å². The Balaban J connectivity index is 1.85. The zero-order valence-electron chi connectivity index (χ0n) is 9.48. The lowest BCUT2D eigenvalue weighted by Gasteiger charge is -2.06. The van der Waals surface area contributed by atoms with Gasteiger partial charge in [-0.05, 0) is 31.0 Å². The van der Waals surface area contributed by atoms with Gasteiger partial charge in [-0.15, -0.1) is 0 Å². The molecule has 0 aliphatic rings. The number of benzene rings is 1. The lowest BCUT2D eigenvalue weighted by Crippen LogP contribution is -2.04. The molecule has 2 rings (SSSR count). The number of aromatic nitrogens is 1. The number of anilines is 1. The van der Waals surface area contributed by atoms with Crippen LogP contribution in [0, 0.1) is 6.92 Å². The standard InChI is InChI=1S/C14H16N2/c1-12-4-2-5-13(10-12)7-9-16-14-6-3-8-15-11-14/h2-6,8,10-11,16H,7,9H2,1H3. The van der Waals surface area contributed by atoms with Gasteiger partial charge in [-0.3, -0.25) is 4.98 Å². The van der Waals surface area contributed by atoms with Gasteiger partial charge in [-0.25, -0.2) is 0 Å². The molecule has 1 aromatic heterocycles. The Labute approximate surface area is 96.4 Å². The predicted octanol–water partition coefficient (Wildman–Crippen LogP) is 3.04. The largest absolute Gasteiger partial charge is 0.383 e. The molecule has 0 atom stereocenters. The molecule has 16 heavy (non-hydrogen) atoms. The maximum atomic E-state index is 4.06. The molecule has 0 amide bonds. The topological polar surface area (TPSA) is 24.9 Å². The van der Waals surface area contributed by atoms with E-state index in [1.165, 1.54) is 11.1 Å². The second kappa shape index (κ2) is 5.31. The van der Waals surface area contributed by atoms with Gasteiger partial charge in [0.2, 0.25) is 0 Å². The maximum absolute atomic E-state index is 4.06. The van der Waals surface area contributed by atoms with Crippen molar-refractivity contribution in [1.29, 1.82) is 0 Å². The van der Waals surface area contributed by atoms with Crippen LogP contribution in [0.3, 0.4) is 0 Å². The number of pyridine rings is 1. The maximum Gasteiger partial charge on any atom is 0.0526 e. The Hall–Kier alpha value is -1.83. The van der Waals surface area contributed by atoms with Crippen molar-refractivity contribution in [2.75, 3.05) is 11.9 Å². The van der Waals surface area contributed by atoms with E-state index in [1.54, 1.807) is 6.20 Å². The van der Waals surface area contributed by atoms with Crippen LogP contribution in [-0.2, 0) is 6.42 Å². The van der Waals surface area contributed by atoms with Gasteiger partial charge in [0.1, 0.15) is 0 Å². The molecule has 0 aliphatic carbocycles. The number of nitrogens with one attached hydrogen (secondary N) is 1. The first kappa shape index (κ1) is 10.7. The van der Waals surface area contributed by atoms with E-state index in [0.717, 1.165) is 18.7 Å². The van der Waals surface area contributed by atoms with Crippen LogP contribution in [0.15, 0.2) is 48.8 Å². The zero-order chi connectivity index (χ0) is 11.2. The van der Waals surface area contributed by atoms with E-state index < -0.39 is 0 Å². The second-order valence-electron chi connectivity index (χ2n) is 3.91. The van der Waals surface area contributed by atoms with Gasteiger partial charge in [0.15, 0.2) is 0 Å². The van der Waals surface area contributed by atoms with Gasteiger partial charge in [0, 0.05) is 18.9 Å². The van der Waals surface area contributed by atoms with Crippen molar-refractivity contribution < 1.29 is 0 Å². The van der Waals surface area contributed by atoms with E-state index in [1.807, 2.05) is 18.3 Å². The molecular weight excluding hydrogens is 196 g/mol. The number of hydrogen-bond donors (Lipinski definition) is 1. The highest BCUT2D eigenvalue weighted by atomic mass is 14.9. The molecular formula is C14H16N2. The SMILES string of the molecule is Cc1cccc(CCNc2cccnc2)c1. The average Bonchev–Trinajstić information content (AvgIpc) is 2.30. The Morgan fingerprint density at radius 3 is 2.88 bits per heavy atom. The molecule has 0 saturated carbocycles. The van der Waals surface area contributed by atoms with Crippen LogP contribution in [0.4, 0.5) is 5.69 Å². The van der Waals surface area contributed by atoms with Crippen LogP contribution in [0.1, 0.15) is 11.1 Å². The molecule has 1 heterocycles. The van der Waals surface area contributed by atoms with E-state index in [4.69, 9.17) is 0 Å². The minimum absolute atomic E-state index is 0.940. The summed E-state index contributed by atoms with van der Waals surface area (Å²) in [4.78, 5) is 4.06. The predicted molar refractivity (Wildman–Crippen MR) is 67.6 cm³/mol. The van der Waals surface area contributed by atoms with Crippen LogP contribution in [0.2, 0.25) is 0 Å². The van der Waals surface area contributed by atoms with Crippen LogP contribution >= 0.6 is 0 Å². The lowest BCUT2D eigenvalue weighted by molar-refractivity contribution is 1.01. The molecule has 0 radical (unpaired) electrons. The fraction of sp³-hybridized carbons (Fsp3) is 0.214. The minimum Gasteiger partial charge on any atom is -0.383 e. The molecule has 1 N–H and O–H groups in total. The van der Waals surface area contributed by atoms with Crippen LogP contribution in [0.25, 0.3) is 0 Å². The Bertz CT molecular complexity index is 437. The molecule has 0 unspecified atom stereocenters. The van der Waals surface area contributed by atoms with E-state index in [0.29, 0.717) is 0 Å². The highest BCUT2D eigenvalue weighted by molar-refractivity contribution is 5.39. The van der Waals surface area contributed by atoms with Crippen LogP contribution in [0.5, 0.6) is 0 Å². The highest BCUT2D eigenvalue weighted by Gasteiger charge is 1.94. The Kier molecular flexibility index (Phi) is 3.54. The van der Waals surface area contributed by atoms with Gasteiger partial charge in [0.05, 0.1) is 5.69 Å². The van der Waals surface area contributed by atoms with Crippen molar-refractivity contribution in [1.82, 2.24) is 4.98 Å². The summed E-state index contributed by atoms with van der Waals surface area (Å²) in [6.07, 6.45) is 4.67. The second-order valence-corrected chi connectivity index (χ2v) is 3.91. The fourth-order valence-corrected chi connectivity index (χ4v) is 1.69. The van der Waals surface area contributed by atoms with Gasteiger partial charge < -0.3 is 5.32 Å². The van der Waals surface area contributed by atoms with E-state index >= 15 is 0 Å². The summed E-state index contributed by atoms with van der Waals surface area (Å²) in [6, 6.07) is 12.6. The van der Waals surface area contributed by atoms with Gasteiger partial charge >= 0.3 is 0 Å². The molecule has 2 heteroatoms. The smallest absolute Gasteiger partial charge is 0.0526 e. The Morgan fingerprint density at radius 2 is 2.12 bits per heavy atom.